The molecule has 0 heterocycles. The Kier molecular flexibility index (Phi) is 11.6. The van der Waals surface area contributed by atoms with Gasteiger partial charge in [0.1, 0.15) is 18.4 Å². The normalized spacial score (nSPS) is 12.1. The summed E-state index contributed by atoms with van der Waals surface area (Å²) >= 11 is 6.44. The summed E-state index contributed by atoms with van der Waals surface area (Å²) in [5, 5.41) is 3.29. The van der Waals surface area contributed by atoms with Crippen molar-refractivity contribution in [2.24, 2.45) is 5.92 Å². The molecule has 0 aliphatic heterocycles. The molecule has 4 rings (SSSR count). The highest BCUT2D eigenvalue weighted by Gasteiger charge is 2.35. The summed E-state index contributed by atoms with van der Waals surface area (Å²) in [5.74, 6) is -1.27. The van der Waals surface area contributed by atoms with E-state index in [-0.39, 0.29) is 35.4 Å². The van der Waals surface area contributed by atoms with Crippen LogP contribution in [0.15, 0.2) is 102 Å². The van der Waals surface area contributed by atoms with Crippen LogP contribution in [0.3, 0.4) is 0 Å². The zero-order chi connectivity index (χ0) is 33.4. The minimum Gasteiger partial charge on any atom is -0.354 e. The van der Waals surface area contributed by atoms with Crippen LogP contribution in [0, 0.1) is 25.6 Å². The van der Waals surface area contributed by atoms with Gasteiger partial charge in [0.25, 0.3) is 10.0 Å². The number of anilines is 1. The van der Waals surface area contributed by atoms with Gasteiger partial charge in [0.2, 0.25) is 11.8 Å². The average molecular weight is 664 g/mol. The number of nitrogens with zero attached hydrogens (tertiary/aromatic N) is 2. The molecule has 1 atom stereocenters. The van der Waals surface area contributed by atoms with Gasteiger partial charge in [0, 0.05) is 24.5 Å². The number of halogens is 2. The number of amides is 2. The topological polar surface area (TPSA) is 86.8 Å². The molecule has 242 valence electrons. The fourth-order valence-corrected chi connectivity index (χ4v) is 6.62. The zero-order valence-electron chi connectivity index (χ0n) is 26.4. The molecule has 0 aliphatic carbocycles. The van der Waals surface area contributed by atoms with Gasteiger partial charge in [0.05, 0.1) is 10.6 Å². The molecule has 0 spiro atoms. The van der Waals surface area contributed by atoms with Crippen molar-refractivity contribution in [2.75, 3.05) is 17.4 Å². The van der Waals surface area contributed by atoms with Crippen LogP contribution in [0.4, 0.5) is 10.1 Å². The third-order valence-corrected chi connectivity index (χ3v) is 9.80. The molecule has 2 amide bonds. The van der Waals surface area contributed by atoms with Crippen molar-refractivity contribution in [1.82, 2.24) is 10.2 Å². The summed E-state index contributed by atoms with van der Waals surface area (Å²) in [5.41, 5.74) is 3.00. The van der Waals surface area contributed by atoms with E-state index in [1.54, 1.807) is 49.4 Å². The first-order valence-corrected chi connectivity index (χ1v) is 16.9. The van der Waals surface area contributed by atoms with Gasteiger partial charge in [-0.05, 0) is 72.9 Å². The molecule has 1 N–H and O–H groups in total. The van der Waals surface area contributed by atoms with E-state index in [2.05, 4.69) is 5.32 Å². The van der Waals surface area contributed by atoms with E-state index in [4.69, 9.17) is 11.6 Å². The summed E-state index contributed by atoms with van der Waals surface area (Å²) in [4.78, 5) is 29.8. The molecular weight excluding hydrogens is 625 g/mol. The molecule has 10 heteroatoms. The fraction of sp³-hybridized carbons (Fsp3) is 0.278. The van der Waals surface area contributed by atoms with E-state index >= 15 is 0 Å². The van der Waals surface area contributed by atoms with E-state index in [1.165, 1.54) is 29.2 Å². The lowest BCUT2D eigenvalue weighted by atomic mass is 10.0. The number of nitrogens with one attached hydrogen (secondary N) is 1. The zero-order valence-corrected chi connectivity index (χ0v) is 28.0. The van der Waals surface area contributed by atoms with Crippen molar-refractivity contribution in [1.29, 1.82) is 0 Å². The van der Waals surface area contributed by atoms with Gasteiger partial charge in [0.15, 0.2) is 0 Å². The standard InChI is InChI=1S/C36H39ClFN3O4S/c1-25(2)22-39-36(43)34(21-28-9-6-5-7-10-28)40(23-29-15-17-30(38)18-16-29)35(42)24-41(33-12-8-11-32(37)27(33)4)46(44,45)31-19-13-26(3)14-20-31/h5-20,25,34H,21-24H2,1-4H3,(H,39,43)/t34-/m0/s1. The molecule has 0 bridgehead atoms. The molecule has 0 saturated heterocycles. The van der Waals surface area contributed by atoms with Gasteiger partial charge in [-0.1, -0.05) is 91.7 Å². The van der Waals surface area contributed by atoms with Crippen LogP contribution in [0.2, 0.25) is 5.02 Å². The monoisotopic (exact) mass is 663 g/mol. The Morgan fingerprint density at radius 1 is 0.848 bits per heavy atom. The van der Waals surface area contributed by atoms with Crippen molar-refractivity contribution < 1.29 is 22.4 Å². The molecule has 4 aromatic carbocycles. The lowest BCUT2D eigenvalue weighted by molar-refractivity contribution is -0.140. The number of hydrogen-bond donors (Lipinski definition) is 1. The smallest absolute Gasteiger partial charge is 0.264 e. The van der Waals surface area contributed by atoms with Gasteiger partial charge in [-0.3, -0.25) is 13.9 Å². The quantitative estimate of drug-likeness (QED) is 0.172. The first-order chi connectivity index (χ1) is 21.9. The largest absolute Gasteiger partial charge is 0.354 e. The SMILES string of the molecule is Cc1ccc(S(=O)(=O)N(CC(=O)N(Cc2ccc(F)cc2)[C@@H](Cc2ccccc2)C(=O)NCC(C)C)c2cccc(Cl)c2C)cc1. The summed E-state index contributed by atoms with van der Waals surface area (Å²) in [6.07, 6.45) is 0.179. The van der Waals surface area contributed by atoms with Crippen molar-refractivity contribution in [3.05, 3.63) is 130 Å². The highest BCUT2D eigenvalue weighted by molar-refractivity contribution is 7.92. The Balaban J connectivity index is 1.82. The van der Waals surface area contributed by atoms with Crippen LogP contribution in [-0.4, -0.2) is 44.3 Å². The third-order valence-electron chi connectivity index (χ3n) is 7.62. The Labute approximate surface area is 276 Å². The van der Waals surface area contributed by atoms with Crippen LogP contribution >= 0.6 is 11.6 Å². The van der Waals surface area contributed by atoms with Crippen molar-refractivity contribution >= 4 is 39.1 Å². The predicted octanol–water partition coefficient (Wildman–Crippen LogP) is 6.70. The highest BCUT2D eigenvalue weighted by atomic mass is 35.5. The molecule has 0 saturated carbocycles. The number of rotatable bonds is 13. The first-order valence-electron chi connectivity index (χ1n) is 15.1. The first kappa shape index (κ1) is 34.7. The minimum atomic E-state index is -4.27. The second kappa shape index (κ2) is 15.4. The average Bonchev–Trinajstić information content (AvgIpc) is 3.03. The molecular formula is C36H39ClFN3O4S. The second-order valence-electron chi connectivity index (χ2n) is 11.7. The Morgan fingerprint density at radius 3 is 2.13 bits per heavy atom. The summed E-state index contributed by atoms with van der Waals surface area (Å²) in [7, 11) is -4.27. The summed E-state index contributed by atoms with van der Waals surface area (Å²) in [6, 6.07) is 25.2. The molecule has 0 aromatic heterocycles. The number of benzene rings is 4. The molecule has 7 nitrogen and oxygen atoms in total. The molecule has 46 heavy (non-hydrogen) atoms. The van der Waals surface area contributed by atoms with Crippen molar-refractivity contribution in [3.63, 3.8) is 0 Å². The highest BCUT2D eigenvalue weighted by Crippen LogP contribution is 2.31. The van der Waals surface area contributed by atoms with Gasteiger partial charge >= 0.3 is 0 Å². The Morgan fingerprint density at radius 2 is 1.50 bits per heavy atom. The number of aryl methyl sites for hydroxylation is 1. The molecule has 0 fully saturated rings. The molecule has 0 unspecified atom stereocenters. The lowest BCUT2D eigenvalue weighted by Crippen LogP contribution is -2.53. The van der Waals surface area contributed by atoms with Gasteiger partial charge in [-0.2, -0.15) is 0 Å². The third kappa shape index (κ3) is 8.73. The summed E-state index contributed by atoms with van der Waals surface area (Å²) < 4.78 is 43.3. The van der Waals surface area contributed by atoms with Crippen LogP contribution in [0.25, 0.3) is 0 Å². The van der Waals surface area contributed by atoms with Crippen LogP contribution in [0.5, 0.6) is 0 Å². The second-order valence-corrected chi connectivity index (χ2v) is 14.0. The van der Waals surface area contributed by atoms with E-state index in [0.717, 1.165) is 15.4 Å². The summed E-state index contributed by atoms with van der Waals surface area (Å²) in [6.45, 7) is 7.19. The lowest BCUT2D eigenvalue weighted by Gasteiger charge is -2.34. The maximum Gasteiger partial charge on any atom is 0.264 e. The van der Waals surface area contributed by atoms with E-state index in [9.17, 15) is 22.4 Å². The molecule has 4 aromatic rings. The van der Waals surface area contributed by atoms with E-state index in [1.807, 2.05) is 51.1 Å². The number of carbonyl (C=O) groups excluding carboxylic acids is 2. The van der Waals surface area contributed by atoms with Gasteiger partial charge in [-0.25, -0.2) is 12.8 Å². The van der Waals surface area contributed by atoms with E-state index in [0.29, 0.717) is 22.7 Å². The van der Waals surface area contributed by atoms with Gasteiger partial charge < -0.3 is 10.2 Å². The Hall–Kier alpha value is -4.21. The minimum absolute atomic E-state index is 0.00544. The van der Waals surface area contributed by atoms with Gasteiger partial charge in [-0.15, -0.1) is 0 Å². The van der Waals surface area contributed by atoms with E-state index < -0.39 is 34.3 Å². The number of carbonyl (C=O) groups is 2. The van der Waals surface area contributed by atoms with Crippen molar-refractivity contribution in [3.8, 4) is 0 Å². The van der Waals surface area contributed by atoms with Crippen LogP contribution in [0.1, 0.15) is 36.1 Å². The number of sulfonamides is 1. The Bertz CT molecular complexity index is 1750. The van der Waals surface area contributed by atoms with Crippen LogP contribution < -0.4 is 9.62 Å². The van der Waals surface area contributed by atoms with Crippen LogP contribution in [-0.2, 0) is 32.6 Å². The predicted molar refractivity (Wildman–Crippen MR) is 181 cm³/mol. The van der Waals surface area contributed by atoms with Crippen molar-refractivity contribution in [2.45, 2.75) is 51.6 Å². The molecule has 0 radical (unpaired) electrons. The molecule has 0 aliphatic rings. The number of hydrogen-bond acceptors (Lipinski definition) is 4. The fourth-order valence-electron chi connectivity index (χ4n) is 4.98. The maximum absolute atomic E-state index is 14.5. The maximum atomic E-state index is 14.5.